The minimum atomic E-state index is -0.455. The average Bonchev–Trinajstić information content (AvgIpc) is 2.43. The minimum absolute atomic E-state index is 0.199. The molecule has 2 rings (SSSR count). The Balaban J connectivity index is 2.25. The number of amides is 1. The highest BCUT2D eigenvalue weighted by atomic mass is 79.9. The largest absolute Gasteiger partial charge is 0.382 e. The molecule has 0 unspecified atom stereocenters. The van der Waals surface area contributed by atoms with Crippen LogP contribution in [0.2, 0.25) is 0 Å². The molecule has 2 N–H and O–H groups in total. The van der Waals surface area contributed by atoms with E-state index in [1.54, 1.807) is 24.4 Å². The summed E-state index contributed by atoms with van der Waals surface area (Å²) in [5.41, 5.74) is 0.446. The van der Waals surface area contributed by atoms with E-state index in [2.05, 4.69) is 31.5 Å². The fraction of sp³-hybridized carbons (Fsp3) is 0.143. The number of aromatic nitrogens is 1. The molecule has 1 amide bonds. The monoisotopic (exact) mass is 337 g/mol. The lowest BCUT2D eigenvalue weighted by atomic mass is 10.1. The van der Waals surface area contributed by atoms with E-state index in [9.17, 15) is 9.18 Å². The van der Waals surface area contributed by atoms with Gasteiger partial charge in [0.1, 0.15) is 11.6 Å². The van der Waals surface area contributed by atoms with Crippen LogP contribution in [0, 0.1) is 5.82 Å². The van der Waals surface area contributed by atoms with Crippen LogP contribution in [-0.4, -0.2) is 17.4 Å². The van der Waals surface area contributed by atoms with Crippen LogP contribution in [-0.2, 0) is 0 Å². The molecule has 2 aromatic rings. The second-order valence-corrected chi connectivity index (χ2v) is 4.92. The zero-order chi connectivity index (χ0) is 14.5. The normalized spacial score (nSPS) is 10.2. The maximum absolute atomic E-state index is 13.7. The third-order valence-electron chi connectivity index (χ3n) is 2.58. The van der Waals surface area contributed by atoms with Crippen molar-refractivity contribution in [2.75, 3.05) is 17.2 Å². The van der Waals surface area contributed by atoms with E-state index >= 15 is 0 Å². The van der Waals surface area contributed by atoms with Gasteiger partial charge in [-0.05, 0) is 47.1 Å². The van der Waals surface area contributed by atoms with Gasteiger partial charge in [0, 0.05) is 17.2 Å². The third kappa shape index (κ3) is 3.33. The predicted molar refractivity (Wildman–Crippen MR) is 80.5 cm³/mol. The number of halogens is 2. The zero-order valence-corrected chi connectivity index (χ0v) is 12.4. The summed E-state index contributed by atoms with van der Waals surface area (Å²) in [5, 5.41) is 5.49. The van der Waals surface area contributed by atoms with Gasteiger partial charge in [0.25, 0.3) is 5.91 Å². The minimum Gasteiger partial charge on any atom is -0.382 e. The molecular formula is C14H13BrFN3O. The number of carbonyl (C=O) groups is 1. The van der Waals surface area contributed by atoms with Crippen molar-refractivity contribution in [1.29, 1.82) is 0 Å². The van der Waals surface area contributed by atoms with Crippen molar-refractivity contribution < 1.29 is 9.18 Å². The molecule has 0 bridgehead atoms. The number of nitrogens with one attached hydrogen (secondary N) is 2. The second kappa shape index (κ2) is 6.47. The topological polar surface area (TPSA) is 54.0 Å². The number of para-hydroxylation sites is 1. The highest BCUT2D eigenvalue weighted by Gasteiger charge is 2.15. The van der Waals surface area contributed by atoms with E-state index < -0.39 is 11.7 Å². The van der Waals surface area contributed by atoms with E-state index in [1.807, 2.05) is 6.92 Å². The first kappa shape index (κ1) is 14.5. The molecule has 104 valence electrons. The molecule has 0 saturated heterocycles. The molecule has 0 radical (unpaired) electrons. The smallest absolute Gasteiger partial charge is 0.259 e. The standard InChI is InChI=1S/C14H13BrFN3O/c1-2-17-13-10(4-3-5-11(13)16)14(20)19-12-7-6-9(15)8-18-12/h3-8,17H,2H2,1H3,(H,18,19,20). The van der Waals surface area contributed by atoms with Gasteiger partial charge in [-0.1, -0.05) is 6.07 Å². The van der Waals surface area contributed by atoms with Gasteiger partial charge in [-0.15, -0.1) is 0 Å². The highest BCUT2D eigenvalue weighted by Crippen LogP contribution is 2.21. The van der Waals surface area contributed by atoms with Gasteiger partial charge < -0.3 is 10.6 Å². The Bertz CT molecular complexity index is 616. The number of pyridine rings is 1. The highest BCUT2D eigenvalue weighted by molar-refractivity contribution is 9.10. The van der Waals surface area contributed by atoms with E-state index in [-0.39, 0.29) is 11.3 Å². The molecule has 20 heavy (non-hydrogen) atoms. The molecule has 0 saturated carbocycles. The van der Waals surface area contributed by atoms with Crippen molar-refractivity contribution in [3.8, 4) is 0 Å². The number of hydrogen-bond donors (Lipinski definition) is 2. The lowest BCUT2D eigenvalue weighted by Gasteiger charge is -2.11. The molecule has 0 spiro atoms. The van der Waals surface area contributed by atoms with Crippen molar-refractivity contribution >= 4 is 33.3 Å². The Morgan fingerprint density at radius 1 is 1.35 bits per heavy atom. The molecule has 0 aliphatic heterocycles. The van der Waals surface area contributed by atoms with E-state index in [0.29, 0.717) is 12.4 Å². The van der Waals surface area contributed by atoms with Crippen molar-refractivity contribution in [3.05, 3.63) is 52.4 Å². The molecule has 1 aromatic carbocycles. The molecular weight excluding hydrogens is 325 g/mol. The van der Waals surface area contributed by atoms with Crippen molar-refractivity contribution in [1.82, 2.24) is 4.98 Å². The molecule has 6 heteroatoms. The summed E-state index contributed by atoms with van der Waals surface area (Å²) < 4.78 is 14.5. The van der Waals surface area contributed by atoms with Gasteiger partial charge in [-0.25, -0.2) is 9.37 Å². The molecule has 0 fully saturated rings. The second-order valence-electron chi connectivity index (χ2n) is 4.01. The first-order valence-corrected chi connectivity index (χ1v) is 6.86. The van der Waals surface area contributed by atoms with E-state index in [4.69, 9.17) is 0 Å². The van der Waals surface area contributed by atoms with E-state index in [0.717, 1.165) is 4.47 Å². The zero-order valence-electron chi connectivity index (χ0n) is 10.8. The summed E-state index contributed by atoms with van der Waals surface area (Å²) in [4.78, 5) is 16.2. The Hall–Kier alpha value is -1.95. The van der Waals surface area contributed by atoms with E-state index in [1.165, 1.54) is 12.1 Å². The summed E-state index contributed by atoms with van der Waals surface area (Å²) in [6.45, 7) is 2.36. The van der Waals surface area contributed by atoms with Gasteiger partial charge >= 0.3 is 0 Å². The maximum atomic E-state index is 13.7. The Morgan fingerprint density at radius 2 is 2.15 bits per heavy atom. The average molecular weight is 338 g/mol. The first-order valence-electron chi connectivity index (χ1n) is 6.07. The fourth-order valence-corrected chi connectivity index (χ4v) is 1.94. The number of nitrogens with zero attached hydrogens (tertiary/aromatic N) is 1. The summed E-state index contributed by atoms with van der Waals surface area (Å²) in [6, 6.07) is 7.80. The molecule has 1 aromatic heterocycles. The summed E-state index contributed by atoms with van der Waals surface area (Å²) >= 11 is 3.26. The van der Waals surface area contributed by atoms with Crippen LogP contribution in [0.3, 0.4) is 0 Å². The first-order chi connectivity index (χ1) is 9.61. The van der Waals surface area contributed by atoms with Crippen molar-refractivity contribution in [2.45, 2.75) is 6.92 Å². The van der Waals surface area contributed by atoms with Crippen LogP contribution in [0.5, 0.6) is 0 Å². The predicted octanol–water partition coefficient (Wildman–Crippen LogP) is 3.67. The number of hydrogen-bond acceptors (Lipinski definition) is 3. The summed E-state index contributed by atoms with van der Waals surface area (Å²) in [6.07, 6.45) is 1.58. The Morgan fingerprint density at radius 3 is 2.80 bits per heavy atom. The number of benzene rings is 1. The van der Waals surface area contributed by atoms with Gasteiger partial charge in [0.05, 0.1) is 11.3 Å². The Kier molecular flexibility index (Phi) is 4.68. The van der Waals surface area contributed by atoms with Crippen LogP contribution in [0.25, 0.3) is 0 Å². The van der Waals surface area contributed by atoms with Gasteiger partial charge in [0.2, 0.25) is 0 Å². The van der Waals surface area contributed by atoms with Crippen LogP contribution in [0.15, 0.2) is 41.0 Å². The molecule has 0 atom stereocenters. The molecule has 1 heterocycles. The quantitative estimate of drug-likeness (QED) is 0.894. The number of rotatable bonds is 4. The summed E-state index contributed by atoms with van der Waals surface area (Å²) in [5.74, 6) is -0.455. The van der Waals surface area contributed by atoms with Crippen LogP contribution in [0.4, 0.5) is 15.9 Å². The van der Waals surface area contributed by atoms with Crippen molar-refractivity contribution in [3.63, 3.8) is 0 Å². The van der Waals surface area contributed by atoms with Gasteiger partial charge in [-0.3, -0.25) is 4.79 Å². The fourth-order valence-electron chi connectivity index (χ4n) is 1.70. The maximum Gasteiger partial charge on any atom is 0.259 e. The SMILES string of the molecule is CCNc1c(F)cccc1C(=O)Nc1ccc(Br)cn1. The van der Waals surface area contributed by atoms with Gasteiger partial charge in [0.15, 0.2) is 0 Å². The third-order valence-corrected chi connectivity index (χ3v) is 3.05. The molecule has 0 aliphatic rings. The van der Waals surface area contributed by atoms with Crippen molar-refractivity contribution in [2.24, 2.45) is 0 Å². The summed E-state index contributed by atoms with van der Waals surface area (Å²) in [7, 11) is 0. The van der Waals surface area contributed by atoms with Gasteiger partial charge in [-0.2, -0.15) is 0 Å². The molecule has 4 nitrogen and oxygen atoms in total. The van der Waals surface area contributed by atoms with Crippen LogP contribution in [0.1, 0.15) is 17.3 Å². The lowest BCUT2D eigenvalue weighted by Crippen LogP contribution is -2.16. The Labute approximate surface area is 124 Å². The van der Waals surface area contributed by atoms with Crippen LogP contribution < -0.4 is 10.6 Å². The molecule has 0 aliphatic carbocycles. The number of anilines is 2. The lowest BCUT2D eigenvalue weighted by molar-refractivity contribution is 0.102. The van der Waals surface area contributed by atoms with Crippen LogP contribution >= 0.6 is 15.9 Å². The number of carbonyl (C=O) groups excluding carboxylic acids is 1.